The van der Waals surface area contributed by atoms with Gasteiger partial charge in [-0.25, -0.2) is 0 Å². The molecule has 2 nitrogen and oxygen atoms in total. The van der Waals surface area contributed by atoms with E-state index in [0.717, 1.165) is 16.6 Å². The first-order valence-electron chi connectivity index (χ1n) is 4.79. The summed E-state index contributed by atoms with van der Waals surface area (Å²) in [6.07, 6.45) is -4.40. The number of benzene rings is 1. The maximum Gasteiger partial charge on any atom is 0.407 e. The van der Waals surface area contributed by atoms with Crippen molar-refractivity contribution >= 4 is 10.9 Å². The highest BCUT2D eigenvalue weighted by atomic mass is 19.4. The average Bonchev–Trinajstić information content (AvgIpc) is 2.54. The summed E-state index contributed by atoms with van der Waals surface area (Å²) in [5.41, 5.74) is 6.94. The summed E-state index contributed by atoms with van der Waals surface area (Å²) in [5.74, 6) is 0. The zero-order valence-corrected chi connectivity index (χ0v) is 8.60. The van der Waals surface area contributed by atoms with Crippen molar-refractivity contribution < 1.29 is 13.2 Å². The summed E-state index contributed by atoms with van der Waals surface area (Å²) in [6.45, 7) is 1.85. The minimum Gasteiger partial charge on any atom is -0.359 e. The number of halogens is 3. The predicted octanol–water partition coefficient (Wildman–Crippen LogP) is 3.04. The van der Waals surface area contributed by atoms with Crippen molar-refractivity contribution in [2.75, 3.05) is 0 Å². The van der Waals surface area contributed by atoms with Gasteiger partial charge in [0.2, 0.25) is 0 Å². The third-order valence-electron chi connectivity index (χ3n) is 2.49. The first-order chi connectivity index (χ1) is 7.38. The molecule has 0 bridgehead atoms. The molecular weight excluding hydrogens is 217 g/mol. The molecule has 0 radical (unpaired) electrons. The number of fused-ring (bicyclic) bond motifs is 1. The number of aryl methyl sites for hydroxylation is 1. The first-order valence-corrected chi connectivity index (χ1v) is 4.79. The van der Waals surface area contributed by atoms with Gasteiger partial charge in [0, 0.05) is 11.2 Å². The molecular formula is C11H11F3N2. The van der Waals surface area contributed by atoms with Crippen LogP contribution in [0.25, 0.3) is 10.9 Å². The van der Waals surface area contributed by atoms with Crippen LogP contribution in [0.3, 0.4) is 0 Å². The van der Waals surface area contributed by atoms with Crippen LogP contribution in [0.2, 0.25) is 0 Å². The Bertz CT molecular complexity index is 513. The maximum absolute atomic E-state index is 12.4. The van der Waals surface area contributed by atoms with Crippen LogP contribution in [-0.4, -0.2) is 11.2 Å². The van der Waals surface area contributed by atoms with Crippen LogP contribution in [0.15, 0.2) is 24.3 Å². The van der Waals surface area contributed by atoms with Crippen molar-refractivity contribution in [3.63, 3.8) is 0 Å². The monoisotopic (exact) mass is 228 g/mol. The van der Waals surface area contributed by atoms with Crippen LogP contribution in [0, 0.1) is 6.92 Å². The van der Waals surface area contributed by atoms with E-state index in [1.54, 1.807) is 12.1 Å². The number of alkyl halides is 3. The normalized spacial score (nSPS) is 14.3. The largest absolute Gasteiger partial charge is 0.407 e. The van der Waals surface area contributed by atoms with Crippen LogP contribution < -0.4 is 5.73 Å². The van der Waals surface area contributed by atoms with Crippen molar-refractivity contribution in [1.82, 2.24) is 4.98 Å². The number of aromatic amines is 1. The molecule has 16 heavy (non-hydrogen) atoms. The van der Waals surface area contributed by atoms with Crippen molar-refractivity contribution in [2.45, 2.75) is 19.1 Å². The lowest BCUT2D eigenvalue weighted by Crippen LogP contribution is -2.28. The second-order valence-electron chi connectivity index (χ2n) is 3.82. The van der Waals surface area contributed by atoms with E-state index in [2.05, 4.69) is 4.98 Å². The summed E-state index contributed by atoms with van der Waals surface area (Å²) >= 11 is 0. The molecule has 1 heterocycles. The fourth-order valence-corrected chi connectivity index (χ4v) is 1.68. The molecule has 0 aliphatic carbocycles. The topological polar surface area (TPSA) is 41.8 Å². The van der Waals surface area contributed by atoms with Crippen molar-refractivity contribution in [2.24, 2.45) is 5.73 Å². The van der Waals surface area contributed by atoms with Gasteiger partial charge in [-0.15, -0.1) is 0 Å². The molecule has 3 N–H and O–H groups in total. The summed E-state index contributed by atoms with van der Waals surface area (Å²) < 4.78 is 37.2. The van der Waals surface area contributed by atoms with Gasteiger partial charge >= 0.3 is 6.18 Å². The number of nitrogens with two attached hydrogens (primary N) is 1. The van der Waals surface area contributed by atoms with Gasteiger partial charge < -0.3 is 10.7 Å². The van der Waals surface area contributed by atoms with Gasteiger partial charge in [-0.1, -0.05) is 6.07 Å². The standard InChI is InChI=1S/C11H11F3N2/c1-6-4-8-5-7(2-3-9(8)16-6)10(15)11(12,13)14/h2-5,10,16H,15H2,1H3/t10-/m0/s1. The molecule has 5 heteroatoms. The third-order valence-corrected chi connectivity index (χ3v) is 2.49. The molecule has 86 valence electrons. The van der Waals surface area contributed by atoms with Crippen LogP contribution >= 0.6 is 0 Å². The zero-order chi connectivity index (χ0) is 11.9. The molecule has 0 unspecified atom stereocenters. The van der Waals surface area contributed by atoms with Crippen molar-refractivity contribution in [3.8, 4) is 0 Å². The Kier molecular flexibility index (Phi) is 2.42. The molecule has 0 aliphatic rings. The lowest BCUT2D eigenvalue weighted by Gasteiger charge is -2.15. The molecule has 0 saturated carbocycles. The number of nitrogens with one attached hydrogen (secondary N) is 1. The number of rotatable bonds is 1. The molecule has 0 amide bonds. The second kappa shape index (κ2) is 3.52. The fraction of sp³-hybridized carbons (Fsp3) is 0.273. The van der Waals surface area contributed by atoms with E-state index in [0.29, 0.717) is 0 Å². The molecule has 1 aromatic carbocycles. The average molecular weight is 228 g/mol. The second-order valence-corrected chi connectivity index (χ2v) is 3.82. The van der Waals surface area contributed by atoms with E-state index < -0.39 is 12.2 Å². The Morgan fingerprint density at radius 3 is 2.56 bits per heavy atom. The Morgan fingerprint density at radius 2 is 1.94 bits per heavy atom. The van der Waals surface area contributed by atoms with Gasteiger partial charge in [0.25, 0.3) is 0 Å². The summed E-state index contributed by atoms with van der Waals surface area (Å²) in [7, 11) is 0. The molecule has 0 saturated heterocycles. The van der Waals surface area contributed by atoms with Gasteiger partial charge in [-0.3, -0.25) is 0 Å². The van der Waals surface area contributed by atoms with Crippen molar-refractivity contribution in [3.05, 3.63) is 35.5 Å². The van der Waals surface area contributed by atoms with E-state index in [-0.39, 0.29) is 5.56 Å². The lowest BCUT2D eigenvalue weighted by atomic mass is 10.1. The lowest BCUT2D eigenvalue weighted by molar-refractivity contribution is -0.149. The Hall–Kier alpha value is -1.49. The molecule has 2 rings (SSSR count). The van der Waals surface area contributed by atoms with Crippen LogP contribution in [0.1, 0.15) is 17.3 Å². The van der Waals surface area contributed by atoms with Gasteiger partial charge in [0.1, 0.15) is 6.04 Å². The Balaban J connectivity index is 2.46. The highest BCUT2D eigenvalue weighted by Gasteiger charge is 2.37. The summed E-state index contributed by atoms with van der Waals surface area (Å²) in [5, 5.41) is 0.745. The maximum atomic E-state index is 12.4. The Morgan fingerprint density at radius 1 is 1.25 bits per heavy atom. The van der Waals surface area contributed by atoms with Crippen LogP contribution in [0.5, 0.6) is 0 Å². The number of H-pyrrole nitrogens is 1. The van der Waals surface area contributed by atoms with Crippen LogP contribution in [0.4, 0.5) is 13.2 Å². The fourth-order valence-electron chi connectivity index (χ4n) is 1.68. The minimum absolute atomic E-state index is 0.0824. The first kappa shape index (κ1) is 11.0. The molecule has 0 aliphatic heterocycles. The zero-order valence-electron chi connectivity index (χ0n) is 8.60. The summed E-state index contributed by atoms with van der Waals surface area (Å²) in [6, 6.07) is 4.35. The van der Waals surface area contributed by atoms with Crippen LogP contribution in [-0.2, 0) is 0 Å². The van der Waals surface area contributed by atoms with E-state index in [1.165, 1.54) is 12.1 Å². The SMILES string of the molecule is Cc1cc2cc([C@H](N)C(F)(F)F)ccc2[nH]1. The highest BCUT2D eigenvalue weighted by Crippen LogP contribution is 2.31. The molecule has 1 atom stereocenters. The van der Waals surface area contributed by atoms with Gasteiger partial charge in [-0.05, 0) is 36.1 Å². The van der Waals surface area contributed by atoms with E-state index in [9.17, 15) is 13.2 Å². The highest BCUT2D eigenvalue weighted by molar-refractivity contribution is 5.81. The molecule has 2 aromatic rings. The van der Waals surface area contributed by atoms with Gasteiger partial charge in [-0.2, -0.15) is 13.2 Å². The van der Waals surface area contributed by atoms with Gasteiger partial charge in [0.15, 0.2) is 0 Å². The molecule has 1 aromatic heterocycles. The number of hydrogen-bond donors (Lipinski definition) is 2. The van der Waals surface area contributed by atoms with Crippen molar-refractivity contribution in [1.29, 1.82) is 0 Å². The smallest absolute Gasteiger partial charge is 0.359 e. The van der Waals surface area contributed by atoms with E-state index in [4.69, 9.17) is 5.73 Å². The molecule has 0 spiro atoms. The minimum atomic E-state index is -4.40. The number of aromatic nitrogens is 1. The third kappa shape index (κ3) is 1.90. The number of hydrogen-bond acceptors (Lipinski definition) is 1. The van der Waals surface area contributed by atoms with E-state index >= 15 is 0 Å². The quantitative estimate of drug-likeness (QED) is 0.773. The molecule has 0 fully saturated rings. The summed E-state index contributed by atoms with van der Waals surface area (Å²) in [4.78, 5) is 3.04. The van der Waals surface area contributed by atoms with E-state index in [1.807, 2.05) is 6.92 Å². The Labute approximate surface area is 90.3 Å². The van der Waals surface area contributed by atoms with Gasteiger partial charge in [0.05, 0.1) is 0 Å². The predicted molar refractivity (Wildman–Crippen MR) is 56.0 cm³/mol.